The van der Waals surface area contributed by atoms with Gasteiger partial charge in [-0.3, -0.25) is 4.79 Å². The molecule has 0 aromatic heterocycles. The molecule has 3 unspecified atom stereocenters. The SMILES string of the molecule is CCCCCCC(C)NC(=O)C1CCNC(C)C1. The van der Waals surface area contributed by atoms with E-state index in [0.29, 0.717) is 12.1 Å². The predicted octanol–water partition coefficient (Wildman–Crippen LogP) is 2.85. The number of piperidine rings is 1. The molecule has 3 atom stereocenters. The van der Waals surface area contributed by atoms with Gasteiger partial charge in [0.25, 0.3) is 0 Å². The van der Waals surface area contributed by atoms with Gasteiger partial charge in [-0.25, -0.2) is 0 Å². The van der Waals surface area contributed by atoms with Crippen molar-refractivity contribution in [3.8, 4) is 0 Å². The van der Waals surface area contributed by atoms with Crippen molar-refractivity contribution < 1.29 is 4.79 Å². The van der Waals surface area contributed by atoms with Crippen LogP contribution in [0.4, 0.5) is 0 Å². The molecule has 0 spiro atoms. The summed E-state index contributed by atoms with van der Waals surface area (Å²) in [5.41, 5.74) is 0. The molecule has 1 amide bonds. The topological polar surface area (TPSA) is 41.1 Å². The van der Waals surface area contributed by atoms with Crippen LogP contribution in [-0.4, -0.2) is 24.5 Å². The van der Waals surface area contributed by atoms with Gasteiger partial charge in [-0.1, -0.05) is 32.6 Å². The van der Waals surface area contributed by atoms with Crippen LogP contribution in [-0.2, 0) is 4.79 Å². The number of unbranched alkanes of at least 4 members (excludes halogenated alkanes) is 3. The Bertz CT molecular complexity index is 243. The summed E-state index contributed by atoms with van der Waals surface area (Å²) >= 11 is 0. The van der Waals surface area contributed by atoms with Crippen LogP contribution in [0.5, 0.6) is 0 Å². The van der Waals surface area contributed by atoms with Gasteiger partial charge in [0, 0.05) is 18.0 Å². The average Bonchev–Trinajstić information content (AvgIpc) is 2.34. The van der Waals surface area contributed by atoms with Crippen LogP contribution in [0.25, 0.3) is 0 Å². The van der Waals surface area contributed by atoms with Gasteiger partial charge in [0.15, 0.2) is 0 Å². The third kappa shape index (κ3) is 5.85. The summed E-state index contributed by atoms with van der Waals surface area (Å²) in [6.45, 7) is 7.50. The Morgan fingerprint density at radius 1 is 1.39 bits per heavy atom. The molecule has 0 aromatic rings. The second-order valence-electron chi connectivity index (χ2n) is 5.84. The van der Waals surface area contributed by atoms with Crippen molar-refractivity contribution in [2.24, 2.45) is 5.92 Å². The van der Waals surface area contributed by atoms with Gasteiger partial charge in [0.2, 0.25) is 5.91 Å². The van der Waals surface area contributed by atoms with Gasteiger partial charge in [-0.05, 0) is 39.7 Å². The minimum absolute atomic E-state index is 0.222. The maximum Gasteiger partial charge on any atom is 0.223 e. The zero-order chi connectivity index (χ0) is 13.4. The fourth-order valence-corrected chi connectivity index (χ4v) is 2.68. The van der Waals surface area contributed by atoms with Crippen LogP contribution >= 0.6 is 0 Å². The van der Waals surface area contributed by atoms with Gasteiger partial charge in [0.1, 0.15) is 0 Å². The lowest BCUT2D eigenvalue weighted by molar-refractivity contribution is -0.126. The van der Waals surface area contributed by atoms with Gasteiger partial charge in [0.05, 0.1) is 0 Å². The fourth-order valence-electron chi connectivity index (χ4n) is 2.68. The normalized spacial score (nSPS) is 25.7. The summed E-state index contributed by atoms with van der Waals surface area (Å²) in [7, 11) is 0. The van der Waals surface area contributed by atoms with Crippen molar-refractivity contribution in [3.63, 3.8) is 0 Å². The molecule has 0 aromatic carbocycles. The standard InChI is InChI=1S/C15H30N2O/c1-4-5-6-7-8-12(2)17-15(18)14-9-10-16-13(3)11-14/h12-14,16H,4-11H2,1-3H3,(H,17,18). The third-order valence-electron chi connectivity index (χ3n) is 3.87. The molecule has 1 saturated heterocycles. The van der Waals surface area contributed by atoms with E-state index in [1.807, 2.05) is 0 Å². The molecule has 106 valence electrons. The second-order valence-corrected chi connectivity index (χ2v) is 5.84. The first-order valence-corrected chi connectivity index (χ1v) is 7.67. The summed E-state index contributed by atoms with van der Waals surface area (Å²) in [5.74, 6) is 0.491. The smallest absolute Gasteiger partial charge is 0.223 e. The Labute approximate surface area is 112 Å². The van der Waals surface area contributed by atoms with Crippen LogP contribution < -0.4 is 10.6 Å². The Kier molecular flexibility index (Phi) is 7.33. The first kappa shape index (κ1) is 15.5. The number of amides is 1. The van der Waals surface area contributed by atoms with E-state index in [4.69, 9.17) is 0 Å². The van der Waals surface area contributed by atoms with Crippen molar-refractivity contribution in [1.82, 2.24) is 10.6 Å². The van der Waals surface area contributed by atoms with Crippen molar-refractivity contribution in [2.75, 3.05) is 6.54 Å². The number of rotatable bonds is 7. The van der Waals surface area contributed by atoms with E-state index in [9.17, 15) is 4.79 Å². The van der Waals surface area contributed by atoms with E-state index < -0.39 is 0 Å². The van der Waals surface area contributed by atoms with E-state index in [0.717, 1.165) is 25.8 Å². The molecule has 1 rings (SSSR count). The molecule has 0 radical (unpaired) electrons. The summed E-state index contributed by atoms with van der Waals surface area (Å²) in [6, 6.07) is 0.814. The molecule has 0 bridgehead atoms. The molecular weight excluding hydrogens is 224 g/mol. The number of hydrogen-bond donors (Lipinski definition) is 2. The lowest BCUT2D eigenvalue weighted by Gasteiger charge is -2.28. The minimum Gasteiger partial charge on any atom is -0.353 e. The highest BCUT2D eigenvalue weighted by Crippen LogP contribution is 2.16. The van der Waals surface area contributed by atoms with E-state index in [1.54, 1.807) is 0 Å². The predicted molar refractivity (Wildman–Crippen MR) is 76.6 cm³/mol. The van der Waals surface area contributed by atoms with E-state index in [-0.39, 0.29) is 11.8 Å². The van der Waals surface area contributed by atoms with Crippen LogP contribution in [0.3, 0.4) is 0 Å². The minimum atomic E-state index is 0.222. The lowest BCUT2D eigenvalue weighted by atomic mass is 9.92. The van der Waals surface area contributed by atoms with E-state index in [2.05, 4.69) is 31.4 Å². The summed E-state index contributed by atoms with van der Waals surface area (Å²) in [4.78, 5) is 12.1. The highest BCUT2D eigenvalue weighted by atomic mass is 16.1. The molecule has 3 heteroatoms. The van der Waals surface area contributed by atoms with Crippen LogP contribution in [0, 0.1) is 5.92 Å². The second kappa shape index (κ2) is 8.52. The van der Waals surface area contributed by atoms with Crippen LogP contribution in [0.15, 0.2) is 0 Å². The molecule has 3 nitrogen and oxygen atoms in total. The van der Waals surface area contributed by atoms with E-state index in [1.165, 1.54) is 25.7 Å². The van der Waals surface area contributed by atoms with Crippen molar-refractivity contribution in [3.05, 3.63) is 0 Å². The molecular formula is C15H30N2O. The Morgan fingerprint density at radius 2 is 2.17 bits per heavy atom. The average molecular weight is 254 g/mol. The lowest BCUT2D eigenvalue weighted by Crippen LogP contribution is -2.44. The van der Waals surface area contributed by atoms with Crippen LogP contribution in [0.1, 0.15) is 65.7 Å². The zero-order valence-corrected chi connectivity index (χ0v) is 12.3. The molecule has 0 saturated carbocycles. The summed E-state index contributed by atoms with van der Waals surface area (Å²) in [6.07, 6.45) is 8.19. The number of nitrogens with one attached hydrogen (secondary N) is 2. The molecule has 0 aliphatic carbocycles. The Morgan fingerprint density at radius 3 is 2.83 bits per heavy atom. The monoisotopic (exact) mass is 254 g/mol. The van der Waals surface area contributed by atoms with Crippen molar-refractivity contribution >= 4 is 5.91 Å². The molecule has 18 heavy (non-hydrogen) atoms. The van der Waals surface area contributed by atoms with Gasteiger partial charge < -0.3 is 10.6 Å². The Hall–Kier alpha value is -0.570. The van der Waals surface area contributed by atoms with Gasteiger partial charge in [-0.2, -0.15) is 0 Å². The molecule has 1 aliphatic rings. The van der Waals surface area contributed by atoms with Crippen molar-refractivity contribution in [2.45, 2.75) is 77.8 Å². The maximum absolute atomic E-state index is 12.1. The molecule has 2 N–H and O–H groups in total. The number of carbonyl (C=O) groups excluding carboxylic acids is 1. The summed E-state index contributed by atoms with van der Waals surface area (Å²) < 4.78 is 0. The maximum atomic E-state index is 12.1. The van der Waals surface area contributed by atoms with Crippen LogP contribution in [0.2, 0.25) is 0 Å². The largest absolute Gasteiger partial charge is 0.353 e. The number of hydrogen-bond acceptors (Lipinski definition) is 2. The first-order chi connectivity index (χ1) is 8.63. The highest BCUT2D eigenvalue weighted by Gasteiger charge is 2.25. The fraction of sp³-hybridized carbons (Fsp3) is 0.933. The molecule has 1 heterocycles. The number of carbonyl (C=O) groups is 1. The highest BCUT2D eigenvalue weighted by molar-refractivity contribution is 5.79. The van der Waals surface area contributed by atoms with Gasteiger partial charge >= 0.3 is 0 Å². The quantitative estimate of drug-likeness (QED) is 0.686. The Balaban J connectivity index is 2.17. The van der Waals surface area contributed by atoms with E-state index >= 15 is 0 Å². The third-order valence-corrected chi connectivity index (χ3v) is 3.87. The molecule has 1 fully saturated rings. The van der Waals surface area contributed by atoms with Gasteiger partial charge in [-0.15, -0.1) is 0 Å². The summed E-state index contributed by atoms with van der Waals surface area (Å²) in [5, 5.41) is 6.57. The first-order valence-electron chi connectivity index (χ1n) is 7.67. The molecule has 1 aliphatic heterocycles. The van der Waals surface area contributed by atoms with Crippen molar-refractivity contribution in [1.29, 1.82) is 0 Å². The zero-order valence-electron chi connectivity index (χ0n) is 12.3.